The van der Waals surface area contributed by atoms with Gasteiger partial charge in [-0.15, -0.1) is 0 Å². The topological polar surface area (TPSA) is 67.4 Å². The van der Waals surface area contributed by atoms with Crippen LogP contribution in [0.15, 0.2) is 18.2 Å². The second kappa shape index (κ2) is 5.08. The average Bonchev–Trinajstić information content (AvgIpc) is 2.31. The summed E-state index contributed by atoms with van der Waals surface area (Å²) < 4.78 is 5.43. The summed E-state index contributed by atoms with van der Waals surface area (Å²) >= 11 is 0. The average molecular weight is 248 g/mol. The van der Waals surface area contributed by atoms with E-state index in [1.807, 2.05) is 6.92 Å². The molecule has 0 spiro atoms. The number of carbonyl (C=O) groups is 2. The lowest BCUT2D eigenvalue weighted by atomic mass is 10.2. The minimum Gasteiger partial charge on any atom is -0.479 e. The molecule has 2 N–H and O–H groups in total. The molecule has 1 atom stereocenters. The lowest BCUT2D eigenvalue weighted by Crippen LogP contribution is -2.34. The van der Waals surface area contributed by atoms with Crippen molar-refractivity contribution in [3.63, 3.8) is 0 Å². The monoisotopic (exact) mass is 248 g/mol. The highest BCUT2D eigenvalue weighted by Gasteiger charge is 2.23. The van der Waals surface area contributed by atoms with Crippen LogP contribution in [0.2, 0.25) is 0 Å². The molecule has 0 saturated heterocycles. The zero-order chi connectivity index (χ0) is 13.1. The van der Waals surface area contributed by atoms with Crippen molar-refractivity contribution in [2.45, 2.75) is 32.8 Å². The zero-order valence-electron chi connectivity index (χ0n) is 10.4. The van der Waals surface area contributed by atoms with Gasteiger partial charge in [-0.05, 0) is 31.5 Å². The molecule has 1 aromatic carbocycles. The van der Waals surface area contributed by atoms with Crippen molar-refractivity contribution in [2.75, 3.05) is 10.6 Å². The van der Waals surface area contributed by atoms with Gasteiger partial charge in [-0.2, -0.15) is 0 Å². The van der Waals surface area contributed by atoms with Crippen molar-refractivity contribution in [1.82, 2.24) is 0 Å². The van der Waals surface area contributed by atoms with Gasteiger partial charge in [0.15, 0.2) is 6.10 Å². The van der Waals surface area contributed by atoms with E-state index in [1.54, 1.807) is 25.1 Å². The molecule has 0 aliphatic carbocycles. The van der Waals surface area contributed by atoms with Crippen molar-refractivity contribution in [2.24, 2.45) is 0 Å². The Labute approximate surface area is 106 Å². The summed E-state index contributed by atoms with van der Waals surface area (Å²) in [5.41, 5.74) is 1.25. The SMILES string of the molecule is CCCC(=O)Nc1ccc2c(c1)NC(=O)[C@@H](C)O2. The van der Waals surface area contributed by atoms with E-state index in [1.165, 1.54) is 0 Å². The summed E-state index contributed by atoms with van der Waals surface area (Å²) in [5.74, 6) is 0.406. The fraction of sp³-hybridized carbons (Fsp3) is 0.385. The maximum Gasteiger partial charge on any atom is 0.265 e. The van der Waals surface area contributed by atoms with Gasteiger partial charge in [0.2, 0.25) is 5.91 Å². The smallest absolute Gasteiger partial charge is 0.265 e. The molecule has 1 aromatic rings. The van der Waals surface area contributed by atoms with E-state index < -0.39 is 6.10 Å². The van der Waals surface area contributed by atoms with Gasteiger partial charge in [-0.3, -0.25) is 9.59 Å². The van der Waals surface area contributed by atoms with Crippen molar-refractivity contribution in [3.8, 4) is 5.75 Å². The first-order chi connectivity index (χ1) is 8.60. The third-order valence-corrected chi connectivity index (χ3v) is 2.67. The minimum absolute atomic E-state index is 0.0335. The maximum absolute atomic E-state index is 11.5. The van der Waals surface area contributed by atoms with Gasteiger partial charge in [-0.1, -0.05) is 6.92 Å². The fourth-order valence-electron chi connectivity index (χ4n) is 1.74. The Balaban J connectivity index is 2.15. The van der Waals surface area contributed by atoms with Gasteiger partial charge < -0.3 is 15.4 Å². The van der Waals surface area contributed by atoms with Crippen LogP contribution < -0.4 is 15.4 Å². The van der Waals surface area contributed by atoms with Gasteiger partial charge in [0.05, 0.1) is 5.69 Å². The van der Waals surface area contributed by atoms with Gasteiger partial charge in [0.1, 0.15) is 5.75 Å². The number of amides is 2. The summed E-state index contributed by atoms with van der Waals surface area (Å²) in [7, 11) is 0. The van der Waals surface area contributed by atoms with Crippen LogP contribution in [-0.2, 0) is 9.59 Å². The molecule has 0 radical (unpaired) electrons. The van der Waals surface area contributed by atoms with Gasteiger partial charge >= 0.3 is 0 Å². The second-order valence-electron chi connectivity index (χ2n) is 4.26. The summed E-state index contributed by atoms with van der Waals surface area (Å²) in [5, 5.41) is 5.51. The first-order valence-electron chi connectivity index (χ1n) is 6.01. The number of ether oxygens (including phenoxy) is 1. The molecule has 1 heterocycles. The lowest BCUT2D eigenvalue weighted by Gasteiger charge is -2.23. The maximum atomic E-state index is 11.5. The predicted octanol–water partition coefficient (Wildman–Crippen LogP) is 2.14. The Morgan fingerprint density at radius 1 is 1.50 bits per heavy atom. The molecular weight excluding hydrogens is 232 g/mol. The standard InChI is InChI=1S/C13H16N2O3/c1-3-4-12(16)14-9-5-6-11-10(7-9)15-13(17)8(2)18-11/h5-8H,3-4H2,1-2H3,(H,14,16)(H,15,17)/t8-/m1/s1. The molecule has 96 valence electrons. The molecule has 1 aliphatic heterocycles. The lowest BCUT2D eigenvalue weighted by molar-refractivity contribution is -0.122. The summed E-state index contributed by atoms with van der Waals surface area (Å²) in [4.78, 5) is 22.9. The van der Waals surface area contributed by atoms with Crippen LogP contribution in [0.4, 0.5) is 11.4 Å². The molecule has 2 amide bonds. The van der Waals surface area contributed by atoms with E-state index in [2.05, 4.69) is 10.6 Å². The van der Waals surface area contributed by atoms with Crippen LogP contribution in [0.5, 0.6) is 5.75 Å². The summed E-state index contributed by atoms with van der Waals surface area (Å²) in [6.07, 6.45) is 0.795. The molecule has 18 heavy (non-hydrogen) atoms. The first-order valence-corrected chi connectivity index (χ1v) is 6.01. The Kier molecular flexibility index (Phi) is 3.50. The highest BCUT2D eigenvalue weighted by molar-refractivity contribution is 5.99. The van der Waals surface area contributed by atoms with Crippen LogP contribution in [0.3, 0.4) is 0 Å². The van der Waals surface area contributed by atoms with Gasteiger partial charge in [0, 0.05) is 12.1 Å². The number of anilines is 2. The van der Waals surface area contributed by atoms with E-state index >= 15 is 0 Å². The third-order valence-electron chi connectivity index (χ3n) is 2.67. The Hall–Kier alpha value is -2.04. The minimum atomic E-state index is -0.488. The Bertz CT molecular complexity index is 485. The zero-order valence-corrected chi connectivity index (χ0v) is 10.4. The Morgan fingerprint density at radius 3 is 3.00 bits per heavy atom. The molecule has 0 bridgehead atoms. The molecule has 0 saturated carbocycles. The van der Waals surface area contributed by atoms with Crippen LogP contribution >= 0.6 is 0 Å². The largest absolute Gasteiger partial charge is 0.479 e. The summed E-state index contributed by atoms with van der Waals surface area (Å²) in [6.45, 7) is 3.64. The van der Waals surface area contributed by atoms with Crippen LogP contribution in [0, 0.1) is 0 Å². The van der Waals surface area contributed by atoms with Gasteiger partial charge in [-0.25, -0.2) is 0 Å². The molecule has 5 nitrogen and oxygen atoms in total. The first kappa shape index (κ1) is 12.4. The highest BCUT2D eigenvalue weighted by Crippen LogP contribution is 2.32. The molecule has 0 fully saturated rings. The normalized spacial score (nSPS) is 17.4. The quantitative estimate of drug-likeness (QED) is 0.861. The van der Waals surface area contributed by atoms with Crippen LogP contribution in [0.25, 0.3) is 0 Å². The summed E-state index contributed by atoms with van der Waals surface area (Å²) in [6, 6.07) is 5.20. The number of carbonyl (C=O) groups excluding carboxylic acids is 2. The van der Waals surface area contributed by atoms with E-state index in [-0.39, 0.29) is 11.8 Å². The predicted molar refractivity (Wildman–Crippen MR) is 68.7 cm³/mol. The number of rotatable bonds is 3. The fourth-order valence-corrected chi connectivity index (χ4v) is 1.74. The number of nitrogens with one attached hydrogen (secondary N) is 2. The number of fused-ring (bicyclic) bond motifs is 1. The van der Waals surface area contributed by atoms with E-state index in [9.17, 15) is 9.59 Å². The molecular formula is C13H16N2O3. The molecule has 0 aromatic heterocycles. The number of benzene rings is 1. The Morgan fingerprint density at radius 2 is 2.28 bits per heavy atom. The number of hydrogen-bond acceptors (Lipinski definition) is 3. The third kappa shape index (κ3) is 2.61. The van der Waals surface area contributed by atoms with E-state index in [4.69, 9.17) is 4.74 Å². The van der Waals surface area contributed by atoms with Crippen molar-refractivity contribution in [3.05, 3.63) is 18.2 Å². The molecule has 0 unspecified atom stereocenters. The van der Waals surface area contributed by atoms with Crippen molar-refractivity contribution < 1.29 is 14.3 Å². The molecule has 1 aliphatic rings. The van der Waals surface area contributed by atoms with E-state index in [0.29, 0.717) is 23.5 Å². The van der Waals surface area contributed by atoms with Crippen molar-refractivity contribution in [1.29, 1.82) is 0 Å². The van der Waals surface area contributed by atoms with Crippen molar-refractivity contribution >= 4 is 23.2 Å². The van der Waals surface area contributed by atoms with Crippen LogP contribution in [0.1, 0.15) is 26.7 Å². The number of hydrogen-bond donors (Lipinski definition) is 2. The molecule has 5 heteroatoms. The second-order valence-corrected chi connectivity index (χ2v) is 4.26. The van der Waals surface area contributed by atoms with E-state index in [0.717, 1.165) is 6.42 Å². The highest BCUT2D eigenvalue weighted by atomic mass is 16.5. The molecule has 2 rings (SSSR count). The van der Waals surface area contributed by atoms with Crippen LogP contribution in [-0.4, -0.2) is 17.9 Å². The van der Waals surface area contributed by atoms with Gasteiger partial charge in [0.25, 0.3) is 5.91 Å².